The zero-order valence-corrected chi connectivity index (χ0v) is 14.5. The second-order valence-electron chi connectivity index (χ2n) is 7.01. The highest BCUT2D eigenvalue weighted by atomic mass is 16.6. The van der Waals surface area contributed by atoms with Crippen LogP contribution >= 0.6 is 0 Å². The molecule has 0 bridgehead atoms. The van der Waals surface area contributed by atoms with E-state index in [4.69, 9.17) is 0 Å². The molecule has 0 N–H and O–H groups in total. The molecule has 1 aromatic rings. The third kappa shape index (κ3) is 4.30. The molecular weight excluding hydrogens is 294 g/mol. The Balaban J connectivity index is 2.45. The SMILES string of the molecule is CC(C)CN(CC(C)C)c1ncnc(N2CCCC2)c1[N+](=O)[O-]. The first-order valence-corrected chi connectivity index (χ1v) is 8.39. The average Bonchev–Trinajstić information content (AvgIpc) is 2.98. The lowest BCUT2D eigenvalue weighted by atomic mass is 10.1. The number of rotatable bonds is 7. The van der Waals surface area contributed by atoms with E-state index >= 15 is 0 Å². The van der Waals surface area contributed by atoms with E-state index in [1.165, 1.54) is 6.33 Å². The third-order valence-electron chi connectivity index (χ3n) is 3.84. The first-order chi connectivity index (χ1) is 10.9. The molecule has 0 amide bonds. The standard InChI is InChI=1S/C16H27N5O2/c1-12(2)9-20(10-13(3)4)16-14(21(22)23)15(17-11-18-16)19-7-5-6-8-19/h11-13H,5-10H2,1-4H3. The van der Waals surface area contributed by atoms with Crippen molar-refractivity contribution in [2.75, 3.05) is 36.0 Å². The zero-order chi connectivity index (χ0) is 17.0. The third-order valence-corrected chi connectivity index (χ3v) is 3.84. The van der Waals surface area contributed by atoms with E-state index in [1.54, 1.807) is 0 Å². The van der Waals surface area contributed by atoms with Crippen LogP contribution in [-0.4, -0.2) is 41.1 Å². The van der Waals surface area contributed by atoms with E-state index in [0.29, 0.717) is 23.5 Å². The highest BCUT2D eigenvalue weighted by molar-refractivity contribution is 5.71. The van der Waals surface area contributed by atoms with E-state index in [2.05, 4.69) is 37.7 Å². The molecule has 1 aliphatic heterocycles. The summed E-state index contributed by atoms with van der Waals surface area (Å²) in [6, 6.07) is 0. The molecular formula is C16H27N5O2. The van der Waals surface area contributed by atoms with Gasteiger partial charge in [0, 0.05) is 26.2 Å². The van der Waals surface area contributed by atoms with E-state index in [1.807, 2.05) is 9.80 Å². The van der Waals surface area contributed by atoms with Gasteiger partial charge in [-0.15, -0.1) is 0 Å². The Kier molecular flexibility index (Phi) is 5.74. The van der Waals surface area contributed by atoms with Crippen LogP contribution in [0.4, 0.5) is 17.3 Å². The van der Waals surface area contributed by atoms with Gasteiger partial charge >= 0.3 is 5.69 Å². The van der Waals surface area contributed by atoms with Crippen molar-refractivity contribution in [2.24, 2.45) is 11.8 Å². The molecule has 23 heavy (non-hydrogen) atoms. The van der Waals surface area contributed by atoms with Gasteiger partial charge in [0.05, 0.1) is 4.92 Å². The molecule has 0 saturated carbocycles. The first-order valence-electron chi connectivity index (χ1n) is 8.39. The van der Waals surface area contributed by atoms with Gasteiger partial charge in [0.15, 0.2) is 0 Å². The highest BCUT2D eigenvalue weighted by Crippen LogP contribution is 2.36. The lowest BCUT2D eigenvalue weighted by Crippen LogP contribution is -2.33. The summed E-state index contributed by atoms with van der Waals surface area (Å²) >= 11 is 0. The van der Waals surface area contributed by atoms with Crippen LogP contribution in [0.1, 0.15) is 40.5 Å². The van der Waals surface area contributed by atoms with Gasteiger partial charge < -0.3 is 9.80 Å². The number of hydrogen-bond donors (Lipinski definition) is 0. The Morgan fingerprint density at radius 2 is 1.74 bits per heavy atom. The van der Waals surface area contributed by atoms with Gasteiger partial charge in [-0.3, -0.25) is 10.1 Å². The fraction of sp³-hybridized carbons (Fsp3) is 0.750. The monoisotopic (exact) mass is 321 g/mol. The second kappa shape index (κ2) is 7.57. The summed E-state index contributed by atoms with van der Waals surface area (Å²) in [4.78, 5) is 24.0. The summed E-state index contributed by atoms with van der Waals surface area (Å²) in [5, 5.41) is 11.7. The molecule has 1 saturated heterocycles. The quantitative estimate of drug-likeness (QED) is 0.567. The Labute approximate surface area is 137 Å². The van der Waals surface area contributed by atoms with Gasteiger partial charge in [0.25, 0.3) is 0 Å². The van der Waals surface area contributed by atoms with Crippen molar-refractivity contribution in [3.63, 3.8) is 0 Å². The van der Waals surface area contributed by atoms with Crippen LogP contribution in [0.3, 0.4) is 0 Å². The fourth-order valence-corrected chi connectivity index (χ4v) is 3.04. The van der Waals surface area contributed by atoms with Gasteiger partial charge in [-0.25, -0.2) is 9.97 Å². The first kappa shape index (κ1) is 17.4. The molecule has 2 heterocycles. The van der Waals surface area contributed by atoms with Crippen LogP contribution in [0.5, 0.6) is 0 Å². The molecule has 0 atom stereocenters. The molecule has 1 aliphatic rings. The normalized spacial score (nSPS) is 14.8. The second-order valence-corrected chi connectivity index (χ2v) is 7.01. The maximum atomic E-state index is 11.7. The molecule has 0 radical (unpaired) electrons. The van der Waals surface area contributed by atoms with Crippen molar-refractivity contribution < 1.29 is 4.92 Å². The van der Waals surface area contributed by atoms with E-state index < -0.39 is 0 Å². The maximum Gasteiger partial charge on any atom is 0.353 e. The Hall–Kier alpha value is -1.92. The predicted octanol–water partition coefficient (Wildman–Crippen LogP) is 3.10. The largest absolute Gasteiger partial charge is 0.353 e. The van der Waals surface area contributed by atoms with Gasteiger partial charge in [-0.1, -0.05) is 27.7 Å². The minimum Gasteiger partial charge on any atom is -0.351 e. The van der Waals surface area contributed by atoms with Crippen LogP contribution in [0.15, 0.2) is 6.33 Å². The number of nitrogens with zero attached hydrogens (tertiary/aromatic N) is 5. The van der Waals surface area contributed by atoms with Gasteiger partial charge in [0.2, 0.25) is 11.6 Å². The van der Waals surface area contributed by atoms with Crippen molar-refractivity contribution in [3.8, 4) is 0 Å². The number of nitro groups is 1. The smallest absolute Gasteiger partial charge is 0.351 e. The lowest BCUT2D eigenvalue weighted by molar-refractivity contribution is -0.383. The van der Waals surface area contributed by atoms with Crippen LogP contribution in [0.2, 0.25) is 0 Å². The molecule has 2 rings (SSSR count). The molecule has 0 unspecified atom stereocenters. The van der Waals surface area contributed by atoms with Gasteiger partial charge in [-0.2, -0.15) is 0 Å². The van der Waals surface area contributed by atoms with Crippen molar-refractivity contribution in [3.05, 3.63) is 16.4 Å². The summed E-state index contributed by atoms with van der Waals surface area (Å²) in [5.74, 6) is 1.72. The molecule has 128 valence electrons. The Morgan fingerprint density at radius 3 is 2.22 bits per heavy atom. The van der Waals surface area contributed by atoms with Crippen molar-refractivity contribution in [1.29, 1.82) is 0 Å². The molecule has 1 aromatic heterocycles. The number of aromatic nitrogens is 2. The van der Waals surface area contributed by atoms with Gasteiger partial charge in [0.1, 0.15) is 6.33 Å². The van der Waals surface area contributed by atoms with Crippen molar-refractivity contribution in [1.82, 2.24) is 9.97 Å². The van der Waals surface area contributed by atoms with E-state index in [0.717, 1.165) is 39.0 Å². The molecule has 0 spiro atoms. The van der Waals surface area contributed by atoms with Crippen LogP contribution < -0.4 is 9.80 Å². The fourth-order valence-electron chi connectivity index (χ4n) is 3.04. The molecule has 7 nitrogen and oxygen atoms in total. The Morgan fingerprint density at radius 1 is 1.17 bits per heavy atom. The van der Waals surface area contributed by atoms with E-state index in [9.17, 15) is 10.1 Å². The van der Waals surface area contributed by atoms with Crippen molar-refractivity contribution >= 4 is 17.3 Å². The van der Waals surface area contributed by atoms with Crippen molar-refractivity contribution in [2.45, 2.75) is 40.5 Å². The summed E-state index contributed by atoms with van der Waals surface area (Å²) in [7, 11) is 0. The number of hydrogen-bond acceptors (Lipinski definition) is 6. The highest BCUT2D eigenvalue weighted by Gasteiger charge is 2.31. The molecule has 0 aromatic carbocycles. The number of anilines is 2. The van der Waals surface area contributed by atoms with E-state index in [-0.39, 0.29) is 10.6 Å². The minimum absolute atomic E-state index is 0.0516. The maximum absolute atomic E-state index is 11.7. The average molecular weight is 321 g/mol. The minimum atomic E-state index is -0.323. The lowest BCUT2D eigenvalue weighted by Gasteiger charge is -2.28. The topological polar surface area (TPSA) is 75.4 Å². The predicted molar refractivity (Wildman–Crippen MR) is 92.0 cm³/mol. The van der Waals surface area contributed by atoms with Crippen LogP contribution in [0, 0.1) is 22.0 Å². The zero-order valence-electron chi connectivity index (χ0n) is 14.5. The summed E-state index contributed by atoms with van der Waals surface area (Å²) in [6.45, 7) is 11.6. The summed E-state index contributed by atoms with van der Waals surface area (Å²) in [6.07, 6.45) is 3.57. The molecule has 7 heteroatoms. The van der Waals surface area contributed by atoms with Crippen LogP contribution in [-0.2, 0) is 0 Å². The van der Waals surface area contributed by atoms with Gasteiger partial charge in [-0.05, 0) is 24.7 Å². The molecule has 1 fully saturated rings. The van der Waals surface area contributed by atoms with Crippen LogP contribution in [0.25, 0.3) is 0 Å². The Bertz CT molecular complexity index is 531. The summed E-state index contributed by atoms with van der Waals surface area (Å²) < 4.78 is 0. The molecule has 0 aliphatic carbocycles. The summed E-state index contributed by atoms with van der Waals surface area (Å²) in [5.41, 5.74) is 0.0516.